The third-order valence-corrected chi connectivity index (χ3v) is 4.40. The Kier molecular flexibility index (Phi) is 2.25. The molecule has 2 aliphatic rings. The SMILES string of the molecule is CC1=C2CCC(c3ccccc3)=C2c2ccccc21. The van der Waals surface area contributed by atoms with E-state index in [0.717, 1.165) is 0 Å². The first-order valence-electron chi connectivity index (χ1n) is 6.95. The van der Waals surface area contributed by atoms with Crippen LogP contribution in [0.4, 0.5) is 0 Å². The van der Waals surface area contributed by atoms with Gasteiger partial charge in [0.1, 0.15) is 0 Å². The summed E-state index contributed by atoms with van der Waals surface area (Å²) in [5, 5.41) is 0. The molecule has 2 aromatic rings. The molecule has 0 saturated carbocycles. The van der Waals surface area contributed by atoms with E-state index in [1.165, 1.54) is 46.3 Å². The Hall–Kier alpha value is -2.08. The fourth-order valence-corrected chi connectivity index (χ4v) is 3.50. The molecule has 0 aromatic heterocycles. The molecule has 2 aromatic carbocycles. The molecule has 0 nitrogen and oxygen atoms in total. The zero-order chi connectivity index (χ0) is 12.8. The van der Waals surface area contributed by atoms with E-state index in [0.29, 0.717) is 0 Å². The van der Waals surface area contributed by atoms with Crippen molar-refractivity contribution in [2.75, 3.05) is 0 Å². The lowest BCUT2D eigenvalue weighted by Crippen LogP contribution is -1.86. The van der Waals surface area contributed by atoms with Crippen LogP contribution in [0.5, 0.6) is 0 Å². The van der Waals surface area contributed by atoms with Gasteiger partial charge in [0, 0.05) is 0 Å². The molecule has 0 unspecified atom stereocenters. The second kappa shape index (κ2) is 3.96. The molecule has 0 fully saturated rings. The number of allylic oxidation sites excluding steroid dienone is 4. The van der Waals surface area contributed by atoms with Crippen molar-refractivity contribution in [1.82, 2.24) is 0 Å². The average Bonchev–Trinajstić information content (AvgIpc) is 3.02. The Balaban J connectivity index is 2.00. The van der Waals surface area contributed by atoms with E-state index < -0.39 is 0 Å². The van der Waals surface area contributed by atoms with Gasteiger partial charge in [0.2, 0.25) is 0 Å². The van der Waals surface area contributed by atoms with E-state index in [-0.39, 0.29) is 0 Å². The molecule has 0 amide bonds. The van der Waals surface area contributed by atoms with Crippen molar-refractivity contribution in [3.8, 4) is 0 Å². The maximum absolute atomic E-state index is 2.27. The summed E-state index contributed by atoms with van der Waals surface area (Å²) >= 11 is 0. The molecular weight excluding hydrogens is 228 g/mol. The maximum Gasteiger partial charge on any atom is -0.0103 e. The van der Waals surface area contributed by atoms with Crippen molar-refractivity contribution in [2.24, 2.45) is 0 Å². The molecule has 92 valence electrons. The first kappa shape index (κ1) is 10.8. The van der Waals surface area contributed by atoms with Crippen molar-refractivity contribution in [2.45, 2.75) is 19.8 Å². The number of hydrogen-bond donors (Lipinski definition) is 0. The van der Waals surface area contributed by atoms with Gasteiger partial charge < -0.3 is 0 Å². The Morgan fingerprint density at radius 1 is 0.684 bits per heavy atom. The quantitative estimate of drug-likeness (QED) is 0.648. The monoisotopic (exact) mass is 244 g/mol. The molecular formula is C19H16. The molecule has 4 rings (SSSR count). The minimum Gasteiger partial charge on any atom is -0.0622 e. The van der Waals surface area contributed by atoms with Crippen LogP contribution in [-0.4, -0.2) is 0 Å². The third kappa shape index (κ3) is 1.46. The molecule has 0 saturated heterocycles. The molecule has 19 heavy (non-hydrogen) atoms. The molecule has 0 radical (unpaired) electrons. The number of benzene rings is 2. The summed E-state index contributed by atoms with van der Waals surface area (Å²) in [7, 11) is 0. The molecule has 0 atom stereocenters. The van der Waals surface area contributed by atoms with Crippen LogP contribution in [0.1, 0.15) is 36.5 Å². The largest absolute Gasteiger partial charge is 0.0622 e. The van der Waals surface area contributed by atoms with Crippen LogP contribution in [-0.2, 0) is 0 Å². The van der Waals surface area contributed by atoms with Crippen molar-refractivity contribution in [1.29, 1.82) is 0 Å². The lowest BCUT2D eigenvalue weighted by atomic mass is 9.97. The van der Waals surface area contributed by atoms with Crippen LogP contribution in [0, 0.1) is 0 Å². The topological polar surface area (TPSA) is 0 Å². The van der Waals surface area contributed by atoms with Crippen molar-refractivity contribution in [3.05, 3.63) is 76.9 Å². The second-order valence-corrected chi connectivity index (χ2v) is 5.37. The Bertz CT molecular complexity index is 715. The highest BCUT2D eigenvalue weighted by Gasteiger charge is 2.30. The summed E-state index contributed by atoms with van der Waals surface area (Å²) in [5.41, 5.74) is 10.3. The predicted octanol–water partition coefficient (Wildman–Crippen LogP) is 5.18. The number of hydrogen-bond acceptors (Lipinski definition) is 0. The van der Waals surface area contributed by atoms with Gasteiger partial charge in [0.25, 0.3) is 0 Å². The van der Waals surface area contributed by atoms with Crippen LogP contribution >= 0.6 is 0 Å². The van der Waals surface area contributed by atoms with E-state index in [9.17, 15) is 0 Å². The van der Waals surface area contributed by atoms with Gasteiger partial charge >= 0.3 is 0 Å². The third-order valence-electron chi connectivity index (χ3n) is 4.40. The minimum absolute atomic E-state index is 1.18. The van der Waals surface area contributed by atoms with Gasteiger partial charge in [-0.3, -0.25) is 0 Å². The van der Waals surface area contributed by atoms with Crippen molar-refractivity contribution < 1.29 is 0 Å². The van der Waals surface area contributed by atoms with Crippen LogP contribution in [0.2, 0.25) is 0 Å². The van der Waals surface area contributed by atoms with E-state index in [1.807, 2.05) is 0 Å². The van der Waals surface area contributed by atoms with E-state index in [2.05, 4.69) is 61.5 Å². The maximum atomic E-state index is 2.27. The minimum atomic E-state index is 1.18. The summed E-state index contributed by atoms with van der Waals surface area (Å²) in [6.07, 6.45) is 2.38. The fraction of sp³-hybridized carbons (Fsp3) is 0.158. The molecule has 2 aliphatic carbocycles. The van der Waals surface area contributed by atoms with Crippen molar-refractivity contribution >= 4 is 16.7 Å². The molecule has 0 aliphatic heterocycles. The molecule has 0 spiro atoms. The van der Waals surface area contributed by atoms with Gasteiger partial charge in [0.15, 0.2) is 0 Å². The molecule has 0 heterocycles. The Morgan fingerprint density at radius 2 is 1.32 bits per heavy atom. The first-order chi connectivity index (χ1) is 9.36. The summed E-state index contributed by atoms with van der Waals surface area (Å²) in [6, 6.07) is 19.7. The lowest BCUT2D eigenvalue weighted by molar-refractivity contribution is 1.08. The Labute approximate surface area is 114 Å². The Morgan fingerprint density at radius 3 is 2.11 bits per heavy atom. The van der Waals surface area contributed by atoms with Gasteiger partial charge in [-0.1, -0.05) is 54.6 Å². The fourth-order valence-electron chi connectivity index (χ4n) is 3.50. The van der Waals surface area contributed by atoms with Crippen LogP contribution in [0.15, 0.2) is 60.2 Å². The number of rotatable bonds is 1. The van der Waals surface area contributed by atoms with E-state index >= 15 is 0 Å². The van der Waals surface area contributed by atoms with E-state index in [4.69, 9.17) is 0 Å². The second-order valence-electron chi connectivity index (χ2n) is 5.37. The molecule has 0 N–H and O–H groups in total. The lowest BCUT2D eigenvalue weighted by Gasteiger charge is -2.07. The highest BCUT2D eigenvalue weighted by molar-refractivity contribution is 6.11. The predicted molar refractivity (Wildman–Crippen MR) is 81.5 cm³/mol. The summed E-state index contributed by atoms with van der Waals surface area (Å²) in [5.74, 6) is 0. The standard InChI is InChI=1S/C19H16/c1-13-15-9-5-6-10-18(15)19-16(13)11-12-17(19)14-7-3-2-4-8-14/h2-10H,11-12H2,1H3. The summed E-state index contributed by atoms with van der Waals surface area (Å²) in [4.78, 5) is 0. The molecule has 0 bridgehead atoms. The van der Waals surface area contributed by atoms with Gasteiger partial charge in [-0.2, -0.15) is 0 Å². The summed E-state index contributed by atoms with van der Waals surface area (Å²) in [6.45, 7) is 2.27. The van der Waals surface area contributed by atoms with Gasteiger partial charge in [0.05, 0.1) is 0 Å². The first-order valence-corrected chi connectivity index (χ1v) is 6.95. The smallest absolute Gasteiger partial charge is 0.0103 e. The molecule has 0 heteroatoms. The van der Waals surface area contributed by atoms with Crippen molar-refractivity contribution in [3.63, 3.8) is 0 Å². The summed E-state index contributed by atoms with van der Waals surface area (Å²) < 4.78 is 0. The normalized spacial score (nSPS) is 16.9. The highest BCUT2D eigenvalue weighted by Crippen LogP contribution is 2.52. The van der Waals surface area contributed by atoms with Crippen LogP contribution < -0.4 is 0 Å². The number of fused-ring (bicyclic) bond motifs is 3. The van der Waals surface area contributed by atoms with Crippen LogP contribution in [0.3, 0.4) is 0 Å². The van der Waals surface area contributed by atoms with Gasteiger partial charge in [-0.15, -0.1) is 0 Å². The van der Waals surface area contributed by atoms with Gasteiger partial charge in [-0.25, -0.2) is 0 Å². The zero-order valence-corrected chi connectivity index (χ0v) is 11.1. The van der Waals surface area contributed by atoms with Crippen LogP contribution in [0.25, 0.3) is 16.7 Å². The van der Waals surface area contributed by atoms with Gasteiger partial charge in [-0.05, 0) is 58.7 Å². The zero-order valence-electron chi connectivity index (χ0n) is 11.1. The van der Waals surface area contributed by atoms with E-state index in [1.54, 1.807) is 5.57 Å². The highest BCUT2D eigenvalue weighted by atomic mass is 14.3. The average molecular weight is 244 g/mol.